The van der Waals surface area contributed by atoms with Crippen molar-refractivity contribution in [2.24, 2.45) is 11.8 Å². The van der Waals surface area contributed by atoms with Crippen molar-refractivity contribution in [1.29, 1.82) is 0 Å². The van der Waals surface area contributed by atoms with Crippen LogP contribution in [0.2, 0.25) is 0 Å². The molecule has 0 atom stereocenters. The number of aromatic hydroxyl groups is 1. The van der Waals surface area contributed by atoms with Gasteiger partial charge in [0.25, 0.3) is 11.5 Å². The highest BCUT2D eigenvalue weighted by molar-refractivity contribution is 5.97. The summed E-state index contributed by atoms with van der Waals surface area (Å²) in [5.74, 6) is -0.135. The van der Waals surface area contributed by atoms with E-state index in [4.69, 9.17) is 15.2 Å². The fraction of sp³-hybridized carbons (Fsp3) is 0.609. The van der Waals surface area contributed by atoms with Gasteiger partial charge in [-0.15, -0.1) is 17.5 Å². The third-order valence-electron chi connectivity index (χ3n) is 6.79. The molecule has 1 amide bonds. The summed E-state index contributed by atoms with van der Waals surface area (Å²) in [5.41, 5.74) is 6.28. The molecule has 0 bridgehead atoms. The number of hydrogen-bond acceptors (Lipinski definition) is 7. The van der Waals surface area contributed by atoms with Gasteiger partial charge in [0.2, 0.25) is 5.88 Å². The number of aromatic nitrogens is 3. The molecule has 5 rings (SSSR count). The van der Waals surface area contributed by atoms with Gasteiger partial charge >= 0.3 is 0 Å². The minimum Gasteiger partial charge on any atom is -0.494 e. The number of nitrogens with zero attached hydrogens (tertiary/aromatic N) is 3. The summed E-state index contributed by atoms with van der Waals surface area (Å²) in [6.07, 6.45) is 9.21. The van der Waals surface area contributed by atoms with Crippen LogP contribution in [0.4, 0.5) is 5.82 Å². The van der Waals surface area contributed by atoms with Crippen LogP contribution in [0.1, 0.15) is 54.4 Å². The maximum absolute atomic E-state index is 13.3. The van der Waals surface area contributed by atoms with E-state index in [1.807, 2.05) is 6.08 Å². The van der Waals surface area contributed by atoms with E-state index in [-0.39, 0.29) is 41.6 Å². The maximum Gasteiger partial charge on any atom is 0.291 e. The number of rotatable bonds is 6. The van der Waals surface area contributed by atoms with Gasteiger partial charge in [-0.05, 0) is 50.4 Å². The van der Waals surface area contributed by atoms with Crippen LogP contribution in [0.15, 0.2) is 10.9 Å². The first-order valence-electron chi connectivity index (χ1n) is 11.8. The lowest BCUT2D eigenvalue weighted by molar-refractivity contribution is 0.0607. The van der Waals surface area contributed by atoms with Gasteiger partial charge in [0.05, 0.1) is 5.56 Å². The standard InChI is InChI=1S/C23H31N5O5.ClH/c24-19-17(4-1-14-5-9-32-10-6-14)21-27(13-15-7-11-33-12-8-15)22(30)18(23(31)28(21)26-19)20(29)25-16-2-3-16;/h1,4,14-16,30H,2-3,5-13H2,(H2,24,26)(H,25,29);1H/b4-1+;. The summed E-state index contributed by atoms with van der Waals surface area (Å²) >= 11 is 0. The Bertz CT molecular complexity index is 1130. The molecule has 1 saturated carbocycles. The first kappa shape index (κ1) is 24.6. The van der Waals surface area contributed by atoms with Crippen LogP contribution in [0, 0.1) is 11.8 Å². The number of carbonyl (C=O) groups excluding carboxylic acids is 1. The highest BCUT2D eigenvalue weighted by atomic mass is 35.5. The van der Waals surface area contributed by atoms with Gasteiger partial charge in [0.1, 0.15) is 0 Å². The summed E-state index contributed by atoms with van der Waals surface area (Å²) in [5, 5.41) is 18.3. The number of nitrogen functional groups attached to an aromatic ring is 1. The molecule has 0 radical (unpaired) electrons. The summed E-state index contributed by atoms with van der Waals surface area (Å²) in [4.78, 5) is 26.1. The molecule has 3 aliphatic rings. The molecule has 34 heavy (non-hydrogen) atoms. The average molecular weight is 494 g/mol. The Balaban J connectivity index is 0.00000274. The number of allylic oxidation sites excluding steroid dienone is 1. The van der Waals surface area contributed by atoms with Crippen molar-refractivity contribution in [3.05, 3.63) is 27.6 Å². The second-order valence-corrected chi connectivity index (χ2v) is 9.26. The Morgan fingerprint density at radius 2 is 1.76 bits per heavy atom. The minimum absolute atomic E-state index is 0. The third kappa shape index (κ3) is 4.94. The molecule has 2 aromatic rings. The van der Waals surface area contributed by atoms with E-state index in [0.29, 0.717) is 50.1 Å². The molecule has 186 valence electrons. The largest absolute Gasteiger partial charge is 0.494 e. The molecular weight excluding hydrogens is 462 g/mol. The fourth-order valence-electron chi connectivity index (χ4n) is 4.62. The van der Waals surface area contributed by atoms with Crippen LogP contribution in [0.5, 0.6) is 5.88 Å². The van der Waals surface area contributed by atoms with Crippen LogP contribution in [-0.2, 0) is 16.0 Å². The molecule has 0 unspecified atom stereocenters. The van der Waals surface area contributed by atoms with Crippen LogP contribution in [-0.4, -0.2) is 57.7 Å². The molecule has 10 nitrogen and oxygen atoms in total. The zero-order valence-electron chi connectivity index (χ0n) is 19.1. The molecule has 3 fully saturated rings. The zero-order chi connectivity index (χ0) is 22.9. The monoisotopic (exact) mass is 493 g/mol. The third-order valence-corrected chi connectivity index (χ3v) is 6.79. The van der Waals surface area contributed by atoms with Gasteiger partial charge in [-0.1, -0.05) is 12.2 Å². The van der Waals surface area contributed by atoms with Crippen LogP contribution in [0.25, 0.3) is 11.7 Å². The van der Waals surface area contributed by atoms with Gasteiger partial charge in [-0.25, -0.2) is 0 Å². The fourth-order valence-corrected chi connectivity index (χ4v) is 4.62. The number of hydrogen-bond donors (Lipinski definition) is 3. The lowest BCUT2D eigenvalue weighted by Crippen LogP contribution is -2.35. The number of ether oxygens (including phenoxy) is 2. The summed E-state index contributed by atoms with van der Waals surface area (Å²) in [6, 6.07) is 0.0524. The number of carbonyl (C=O) groups is 1. The smallest absolute Gasteiger partial charge is 0.291 e. The minimum atomic E-state index is -0.665. The second kappa shape index (κ2) is 10.4. The Kier molecular flexibility index (Phi) is 7.49. The van der Waals surface area contributed by atoms with E-state index in [2.05, 4.69) is 16.5 Å². The quantitative estimate of drug-likeness (QED) is 0.560. The SMILES string of the molecule is Cl.Nc1nn2c(=O)c(C(=O)NC3CC3)c(O)n(CC3CCOCC3)c2c1/C=C/C1CCOCC1. The van der Waals surface area contributed by atoms with Crippen molar-refractivity contribution < 1.29 is 19.4 Å². The van der Waals surface area contributed by atoms with E-state index >= 15 is 0 Å². The molecule has 0 aromatic carbocycles. The normalized spacial score (nSPS) is 20.0. The lowest BCUT2D eigenvalue weighted by atomic mass is 9.99. The van der Waals surface area contributed by atoms with E-state index in [1.54, 1.807) is 4.57 Å². The van der Waals surface area contributed by atoms with E-state index in [0.717, 1.165) is 38.5 Å². The molecule has 2 aromatic heterocycles. The predicted octanol–water partition coefficient (Wildman–Crippen LogP) is 1.96. The number of halogens is 1. The zero-order valence-corrected chi connectivity index (χ0v) is 19.9. The lowest BCUT2D eigenvalue weighted by Gasteiger charge is -2.25. The Labute approximate surface area is 203 Å². The van der Waals surface area contributed by atoms with E-state index in [9.17, 15) is 14.7 Å². The average Bonchev–Trinajstić information content (AvgIpc) is 3.57. The number of nitrogens with one attached hydrogen (secondary N) is 1. The van der Waals surface area contributed by atoms with E-state index in [1.165, 1.54) is 4.52 Å². The molecule has 2 aliphatic heterocycles. The number of fused-ring (bicyclic) bond motifs is 1. The van der Waals surface area contributed by atoms with Crippen molar-refractivity contribution in [1.82, 2.24) is 19.5 Å². The predicted molar refractivity (Wildman–Crippen MR) is 129 cm³/mol. The van der Waals surface area contributed by atoms with Gasteiger partial charge in [0, 0.05) is 39.0 Å². The Hall–Kier alpha value is -2.56. The van der Waals surface area contributed by atoms with Gasteiger partial charge in [0.15, 0.2) is 17.0 Å². The van der Waals surface area contributed by atoms with Crippen molar-refractivity contribution in [2.75, 3.05) is 32.2 Å². The van der Waals surface area contributed by atoms with Crippen LogP contribution >= 0.6 is 12.4 Å². The first-order chi connectivity index (χ1) is 16.0. The van der Waals surface area contributed by atoms with Crippen molar-refractivity contribution in [3.63, 3.8) is 0 Å². The van der Waals surface area contributed by atoms with Crippen LogP contribution in [0.3, 0.4) is 0 Å². The summed E-state index contributed by atoms with van der Waals surface area (Å²) < 4.78 is 13.7. The van der Waals surface area contributed by atoms with Gasteiger partial charge < -0.3 is 25.6 Å². The Morgan fingerprint density at radius 3 is 2.41 bits per heavy atom. The highest BCUT2D eigenvalue weighted by Gasteiger charge is 2.31. The van der Waals surface area contributed by atoms with Crippen molar-refractivity contribution in [2.45, 2.75) is 51.1 Å². The number of nitrogens with two attached hydrogens (primary N) is 1. The number of anilines is 1. The second-order valence-electron chi connectivity index (χ2n) is 9.26. The maximum atomic E-state index is 13.3. The van der Waals surface area contributed by atoms with Crippen molar-refractivity contribution in [3.8, 4) is 5.88 Å². The molecule has 11 heteroatoms. The van der Waals surface area contributed by atoms with Crippen molar-refractivity contribution >= 4 is 35.9 Å². The van der Waals surface area contributed by atoms with Crippen LogP contribution < -0.4 is 16.6 Å². The molecule has 4 N–H and O–H groups in total. The molecule has 4 heterocycles. The number of amides is 1. The topological polar surface area (TPSA) is 133 Å². The van der Waals surface area contributed by atoms with Gasteiger partial charge in [-0.2, -0.15) is 4.52 Å². The van der Waals surface area contributed by atoms with E-state index < -0.39 is 11.5 Å². The molecule has 1 aliphatic carbocycles. The summed E-state index contributed by atoms with van der Waals surface area (Å²) in [7, 11) is 0. The van der Waals surface area contributed by atoms with Gasteiger partial charge in [-0.3, -0.25) is 14.2 Å². The Morgan fingerprint density at radius 1 is 1.12 bits per heavy atom. The molecule has 0 spiro atoms. The summed E-state index contributed by atoms with van der Waals surface area (Å²) in [6.45, 7) is 3.16. The molecular formula is C23H32ClN5O5. The highest BCUT2D eigenvalue weighted by Crippen LogP contribution is 2.29. The first-order valence-corrected chi connectivity index (χ1v) is 11.8. The molecule has 2 saturated heterocycles.